The summed E-state index contributed by atoms with van der Waals surface area (Å²) in [7, 11) is 0. The van der Waals surface area contributed by atoms with Gasteiger partial charge in [-0.1, -0.05) is 74.0 Å². The number of benzene rings is 3. The molecule has 0 saturated heterocycles. The standard InChI is InChI=1S/C25H23N3/c1-16(2)14-18-10-13-23-22(15-18)20-6-4-5-7-21(20)25-27-26-24(28(23)25)19-11-8-17(3)9-12-19/h4-13,15-16H,14H2,1-3H3. The van der Waals surface area contributed by atoms with Crippen molar-refractivity contribution in [2.24, 2.45) is 5.92 Å². The van der Waals surface area contributed by atoms with E-state index >= 15 is 0 Å². The molecule has 138 valence electrons. The van der Waals surface area contributed by atoms with Gasteiger partial charge in [-0.25, -0.2) is 0 Å². The van der Waals surface area contributed by atoms with Gasteiger partial charge in [0, 0.05) is 16.3 Å². The first kappa shape index (κ1) is 16.9. The molecule has 0 aliphatic carbocycles. The highest BCUT2D eigenvalue weighted by Crippen LogP contribution is 2.32. The van der Waals surface area contributed by atoms with Gasteiger partial charge in [-0.3, -0.25) is 4.40 Å². The minimum absolute atomic E-state index is 0.630. The van der Waals surface area contributed by atoms with E-state index in [1.807, 2.05) is 0 Å². The molecule has 3 aromatic carbocycles. The van der Waals surface area contributed by atoms with Gasteiger partial charge in [-0.15, -0.1) is 10.2 Å². The molecule has 28 heavy (non-hydrogen) atoms. The van der Waals surface area contributed by atoms with Crippen molar-refractivity contribution in [3.63, 3.8) is 0 Å². The Balaban J connectivity index is 1.89. The molecule has 0 atom stereocenters. The maximum Gasteiger partial charge on any atom is 0.169 e. The molecule has 0 fully saturated rings. The van der Waals surface area contributed by atoms with Crippen LogP contribution >= 0.6 is 0 Å². The summed E-state index contributed by atoms with van der Waals surface area (Å²) in [6, 6.07) is 23.8. The van der Waals surface area contributed by atoms with Crippen LogP contribution in [0.3, 0.4) is 0 Å². The highest BCUT2D eigenvalue weighted by molar-refractivity contribution is 6.12. The molecule has 0 unspecified atom stereocenters. The molecule has 3 heteroatoms. The second-order valence-electron chi connectivity index (χ2n) is 8.04. The Bertz CT molecular complexity index is 1310. The lowest BCUT2D eigenvalue weighted by Crippen LogP contribution is -1.97. The van der Waals surface area contributed by atoms with E-state index in [0.717, 1.165) is 34.4 Å². The topological polar surface area (TPSA) is 30.2 Å². The van der Waals surface area contributed by atoms with Crippen LogP contribution in [0.2, 0.25) is 0 Å². The Labute approximate surface area is 164 Å². The van der Waals surface area contributed by atoms with Crippen LogP contribution < -0.4 is 0 Å². The lowest BCUT2D eigenvalue weighted by Gasteiger charge is -2.12. The zero-order valence-electron chi connectivity index (χ0n) is 16.5. The first-order valence-corrected chi connectivity index (χ1v) is 9.87. The maximum absolute atomic E-state index is 4.58. The largest absolute Gasteiger partial charge is 0.274 e. The normalized spacial score (nSPS) is 11.9. The van der Waals surface area contributed by atoms with E-state index in [-0.39, 0.29) is 0 Å². The van der Waals surface area contributed by atoms with Crippen LogP contribution in [0.25, 0.3) is 38.7 Å². The Morgan fingerprint density at radius 2 is 1.57 bits per heavy atom. The fourth-order valence-electron chi connectivity index (χ4n) is 4.08. The summed E-state index contributed by atoms with van der Waals surface area (Å²) in [4.78, 5) is 0. The fraction of sp³-hybridized carbons (Fsp3) is 0.200. The molecule has 0 spiro atoms. The van der Waals surface area contributed by atoms with Crippen LogP contribution in [0.4, 0.5) is 0 Å². The van der Waals surface area contributed by atoms with Crippen molar-refractivity contribution in [2.75, 3.05) is 0 Å². The second kappa shape index (κ2) is 6.45. The second-order valence-corrected chi connectivity index (χ2v) is 8.04. The van der Waals surface area contributed by atoms with Crippen LogP contribution in [-0.2, 0) is 6.42 Å². The van der Waals surface area contributed by atoms with Crippen molar-refractivity contribution in [1.82, 2.24) is 14.6 Å². The Kier molecular flexibility index (Phi) is 3.90. The molecule has 2 aromatic heterocycles. The Morgan fingerprint density at radius 3 is 2.32 bits per heavy atom. The quantitative estimate of drug-likeness (QED) is 0.356. The number of rotatable bonds is 3. The third-order valence-corrected chi connectivity index (χ3v) is 5.38. The molecule has 5 aromatic rings. The summed E-state index contributed by atoms with van der Waals surface area (Å²) in [5.74, 6) is 1.52. The molecule has 3 nitrogen and oxygen atoms in total. The van der Waals surface area contributed by atoms with E-state index in [9.17, 15) is 0 Å². The SMILES string of the molecule is Cc1ccc(-c2nnc3c4ccccc4c4cc(CC(C)C)ccc4n23)cc1. The van der Waals surface area contributed by atoms with Gasteiger partial charge >= 0.3 is 0 Å². The minimum atomic E-state index is 0.630. The Morgan fingerprint density at radius 1 is 0.821 bits per heavy atom. The van der Waals surface area contributed by atoms with Gasteiger partial charge in [-0.2, -0.15) is 0 Å². The first-order chi connectivity index (χ1) is 13.6. The van der Waals surface area contributed by atoms with Crippen molar-refractivity contribution < 1.29 is 0 Å². The zero-order chi connectivity index (χ0) is 19.3. The van der Waals surface area contributed by atoms with Crippen LogP contribution in [0, 0.1) is 12.8 Å². The number of fused-ring (bicyclic) bond motifs is 6. The van der Waals surface area contributed by atoms with Crippen molar-refractivity contribution in [3.05, 3.63) is 77.9 Å². The van der Waals surface area contributed by atoms with Crippen LogP contribution in [-0.4, -0.2) is 14.6 Å². The summed E-state index contributed by atoms with van der Waals surface area (Å²) in [6.45, 7) is 6.63. The summed E-state index contributed by atoms with van der Waals surface area (Å²) in [6.07, 6.45) is 1.08. The zero-order valence-corrected chi connectivity index (χ0v) is 16.5. The summed E-state index contributed by atoms with van der Waals surface area (Å²) in [5.41, 5.74) is 5.76. The number of nitrogens with zero attached hydrogens (tertiary/aromatic N) is 3. The fourth-order valence-corrected chi connectivity index (χ4v) is 4.08. The van der Waals surface area contributed by atoms with Gasteiger partial charge < -0.3 is 0 Å². The molecule has 0 saturated carbocycles. The van der Waals surface area contributed by atoms with Gasteiger partial charge in [0.15, 0.2) is 11.5 Å². The van der Waals surface area contributed by atoms with Crippen molar-refractivity contribution in [1.29, 1.82) is 0 Å². The molecule has 0 bridgehead atoms. The van der Waals surface area contributed by atoms with Gasteiger partial charge in [0.25, 0.3) is 0 Å². The Hall–Kier alpha value is -3.20. The summed E-state index contributed by atoms with van der Waals surface area (Å²) < 4.78 is 2.21. The van der Waals surface area contributed by atoms with Gasteiger partial charge in [0.2, 0.25) is 0 Å². The monoisotopic (exact) mass is 365 g/mol. The van der Waals surface area contributed by atoms with Crippen LogP contribution in [0.15, 0.2) is 66.7 Å². The number of pyridine rings is 1. The number of hydrogen-bond acceptors (Lipinski definition) is 2. The number of hydrogen-bond donors (Lipinski definition) is 0. The van der Waals surface area contributed by atoms with Crippen LogP contribution in [0.1, 0.15) is 25.0 Å². The van der Waals surface area contributed by atoms with E-state index in [1.54, 1.807) is 0 Å². The highest BCUT2D eigenvalue weighted by atomic mass is 15.2. The summed E-state index contributed by atoms with van der Waals surface area (Å²) in [5, 5.41) is 12.8. The van der Waals surface area contributed by atoms with E-state index in [2.05, 4.69) is 102 Å². The molecule has 2 heterocycles. The number of aryl methyl sites for hydroxylation is 1. The average Bonchev–Trinajstić information content (AvgIpc) is 3.14. The van der Waals surface area contributed by atoms with Crippen molar-refractivity contribution in [2.45, 2.75) is 27.2 Å². The predicted octanol–water partition coefficient (Wildman–Crippen LogP) is 6.21. The van der Waals surface area contributed by atoms with E-state index < -0.39 is 0 Å². The molecule has 0 N–H and O–H groups in total. The number of aromatic nitrogens is 3. The molecule has 5 rings (SSSR count). The third-order valence-electron chi connectivity index (χ3n) is 5.38. The third kappa shape index (κ3) is 2.66. The molecular formula is C25H23N3. The molecule has 0 aliphatic rings. The molecule has 0 aliphatic heterocycles. The van der Waals surface area contributed by atoms with Gasteiger partial charge in [0.05, 0.1) is 5.52 Å². The van der Waals surface area contributed by atoms with E-state index in [4.69, 9.17) is 0 Å². The van der Waals surface area contributed by atoms with Crippen LogP contribution in [0.5, 0.6) is 0 Å². The lowest BCUT2D eigenvalue weighted by atomic mass is 9.98. The van der Waals surface area contributed by atoms with Crippen molar-refractivity contribution in [3.8, 4) is 11.4 Å². The van der Waals surface area contributed by atoms with Crippen molar-refractivity contribution >= 4 is 27.3 Å². The molecular weight excluding hydrogens is 342 g/mol. The highest BCUT2D eigenvalue weighted by Gasteiger charge is 2.16. The van der Waals surface area contributed by atoms with Gasteiger partial charge in [-0.05, 0) is 42.3 Å². The first-order valence-electron chi connectivity index (χ1n) is 9.87. The minimum Gasteiger partial charge on any atom is -0.274 e. The van der Waals surface area contributed by atoms with Gasteiger partial charge in [0.1, 0.15) is 0 Å². The smallest absolute Gasteiger partial charge is 0.169 e. The molecule has 0 amide bonds. The summed E-state index contributed by atoms with van der Waals surface area (Å²) >= 11 is 0. The average molecular weight is 365 g/mol. The molecule has 0 radical (unpaired) electrons. The lowest BCUT2D eigenvalue weighted by molar-refractivity contribution is 0.648. The predicted molar refractivity (Wildman–Crippen MR) is 117 cm³/mol. The van der Waals surface area contributed by atoms with E-state index in [1.165, 1.54) is 21.9 Å². The maximum atomic E-state index is 4.58. The van der Waals surface area contributed by atoms with E-state index in [0.29, 0.717) is 5.92 Å².